The van der Waals surface area contributed by atoms with Crippen LogP contribution in [-0.2, 0) is 6.54 Å². The van der Waals surface area contributed by atoms with Crippen LogP contribution in [-0.4, -0.2) is 10.2 Å². The van der Waals surface area contributed by atoms with Crippen molar-refractivity contribution >= 4 is 10.8 Å². The first-order valence-corrected chi connectivity index (χ1v) is 5.92. The zero-order valence-electron chi connectivity index (χ0n) is 10.4. The highest BCUT2D eigenvalue weighted by molar-refractivity contribution is 5.92. The summed E-state index contributed by atoms with van der Waals surface area (Å²) in [6.07, 6.45) is 3.93. The molecule has 0 radical (unpaired) electrons. The molecule has 0 aliphatic carbocycles. The molecule has 0 saturated carbocycles. The molecule has 1 aromatic heterocycles. The summed E-state index contributed by atoms with van der Waals surface area (Å²) in [5.41, 5.74) is 1.05. The van der Waals surface area contributed by atoms with Crippen molar-refractivity contribution in [2.45, 2.75) is 33.2 Å². The van der Waals surface area contributed by atoms with Crippen molar-refractivity contribution in [3.63, 3.8) is 0 Å². The van der Waals surface area contributed by atoms with Crippen molar-refractivity contribution in [1.29, 1.82) is 0 Å². The number of hydrogen-bond donors (Lipinski definition) is 2. The number of hydrogen-bond acceptors (Lipinski definition) is 2. The van der Waals surface area contributed by atoms with Crippen LogP contribution in [0.15, 0.2) is 24.5 Å². The van der Waals surface area contributed by atoms with E-state index in [9.17, 15) is 10.2 Å². The molecule has 0 amide bonds. The Bertz CT molecular complexity index is 562. The maximum Gasteiger partial charge on any atom is 0.177 e. The van der Waals surface area contributed by atoms with Crippen molar-refractivity contribution in [3.8, 4) is 11.5 Å². The van der Waals surface area contributed by atoms with E-state index in [1.54, 1.807) is 6.07 Å². The zero-order chi connectivity index (χ0) is 12.6. The average Bonchev–Trinajstić information content (AvgIpc) is 2.32. The second-order valence-electron chi connectivity index (χ2n) is 4.59. The molecule has 0 bridgehead atoms. The van der Waals surface area contributed by atoms with Gasteiger partial charge in [-0.25, -0.2) is 4.57 Å². The number of aromatic nitrogens is 1. The lowest BCUT2D eigenvalue weighted by Crippen LogP contribution is -2.30. The third-order valence-corrected chi connectivity index (χ3v) is 3.11. The van der Waals surface area contributed by atoms with Gasteiger partial charge in [-0.05, 0) is 24.5 Å². The minimum absolute atomic E-state index is 0.0346. The predicted octanol–water partition coefficient (Wildman–Crippen LogP) is 2.68. The predicted molar refractivity (Wildman–Crippen MR) is 67.2 cm³/mol. The third-order valence-electron chi connectivity index (χ3n) is 3.11. The number of phenolic OH excluding ortho intramolecular Hbond substituents is 2. The fraction of sp³-hybridized carbons (Fsp3) is 0.357. The number of aromatic hydroxyl groups is 2. The summed E-state index contributed by atoms with van der Waals surface area (Å²) in [5.74, 6) is 0.222. The molecule has 90 valence electrons. The van der Waals surface area contributed by atoms with E-state index in [1.165, 1.54) is 0 Å². The van der Waals surface area contributed by atoms with E-state index in [0.29, 0.717) is 11.3 Å². The van der Waals surface area contributed by atoms with E-state index in [1.807, 2.05) is 18.5 Å². The lowest BCUT2D eigenvalue weighted by molar-refractivity contribution is -0.692. The van der Waals surface area contributed by atoms with Crippen LogP contribution in [0, 0.1) is 0 Å². The van der Waals surface area contributed by atoms with Gasteiger partial charge in [0.1, 0.15) is 6.54 Å². The Balaban J connectivity index is 2.84. The standard InChI is InChI=1S/C14H17NO2/c1-4-15-6-5-10-12(8-15)11(9(2)3)7-13(16)14(10)17/h5-9,17H,4H2,1-3H3/p+1. The maximum atomic E-state index is 9.87. The van der Waals surface area contributed by atoms with Gasteiger partial charge in [-0.1, -0.05) is 13.8 Å². The van der Waals surface area contributed by atoms with Gasteiger partial charge < -0.3 is 10.2 Å². The molecule has 1 aromatic carbocycles. The molecule has 1 heterocycles. The fourth-order valence-electron chi connectivity index (χ4n) is 2.08. The first-order chi connectivity index (χ1) is 8.04. The van der Waals surface area contributed by atoms with Crippen LogP contribution in [0.1, 0.15) is 32.3 Å². The van der Waals surface area contributed by atoms with E-state index < -0.39 is 0 Å². The van der Waals surface area contributed by atoms with Gasteiger partial charge in [0.25, 0.3) is 0 Å². The summed E-state index contributed by atoms with van der Waals surface area (Å²) in [7, 11) is 0. The van der Waals surface area contributed by atoms with Crippen LogP contribution in [0.5, 0.6) is 11.5 Å². The lowest BCUT2D eigenvalue weighted by atomic mass is 9.96. The second-order valence-corrected chi connectivity index (χ2v) is 4.59. The highest BCUT2D eigenvalue weighted by atomic mass is 16.3. The SMILES string of the molecule is CC[n+]1ccc2c(O)c(O)cc(C(C)C)c2c1. The molecule has 0 fully saturated rings. The van der Waals surface area contributed by atoms with Crippen molar-refractivity contribution in [2.75, 3.05) is 0 Å². The zero-order valence-corrected chi connectivity index (χ0v) is 10.4. The Kier molecular flexibility index (Phi) is 2.92. The molecule has 0 saturated heterocycles. The third kappa shape index (κ3) is 1.93. The van der Waals surface area contributed by atoms with Gasteiger partial charge in [-0.2, -0.15) is 0 Å². The highest BCUT2D eigenvalue weighted by Crippen LogP contribution is 2.37. The lowest BCUT2D eigenvalue weighted by Gasteiger charge is -2.11. The number of pyridine rings is 1. The summed E-state index contributed by atoms with van der Waals surface area (Å²) in [4.78, 5) is 0. The monoisotopic (exact) mass is 232 g/mol. The van der Waals surface area contributed by atoms with Crippen LogP contribution in [0.25, 0.3) is 10.8 Å². The van der Waals surface area contributed by atoms with E-state index in [2.05, 4.69) is 25.3 Å². The van der Waals surface area contributed by atoms with Crippen LogP contribution in [0.3, 0.4) is 0 Å². The molecular formula is C14H18NO2+. The number of phenols is 2. The van der Waals surface area contributed by atoms with Gasteiger partial charge in [-0.15, -0.1) is 0 Å². The number of aryl methyl sites for hydroxylation is 1. The van der Waals surface area contributed by atoms with Gasteiger partial charge in [0.2, 0.25) is 0 Å². The van der Waals surface area contributed by atoms with Gasteiger partial charge in [0.15, 0.2) is 23.9 Å². The van der Waals surface area contributed by atoms with Crippen LogP contribution in [0.2, 0.25) is 0 Å². The topological polar surface area (TPSA) is 44.3 Å². The maximum absolute atomic E-state index is 9.87. The average molecular weight is 232 g/mol. The molecule has 2 N–H and O–H groups in total. The largest absolute Gasteiger partial charge is 0.504 e. The van der Waals surface area contributed by atoms with Crippen LogP contribution < -0.4 is 4.57 Å². The quantitative estimate of drug-likeness (QED) is 0.617. The van der Waals surface area contributed by atoms with E-state index in [-0.39, 0.29) is 11.5 Å². The highest BCUT2D eigenvalue weighted by Gasteiger charge is 2.15. The molecular weight excluding hydrogens is 214 g/mol. The van der Waals surface area contributed by atoms with E-state index in [4.69, 9.17) is 0 Å². The molecule has 3 nitrogen and oxygen atoms in total. The van der Waals surface area contributed by atoms with Gasteiger partial charge in [0, 0.05) is 11.5 Å². The molecule has 0 aliphatic heterocycles. The summed E-state index contributed by atoms with van der Waals surface area (Å²) in [6, 6.07) is 3.50. The summed E-state index contributed by atoms with van der Waals surface area (Å²) >= 11 is 0. The van der Waals surface area contributed by atoms with E-state index in [0.717, 1.165) is 17.5 Å². The number of fused-ring (bicyclic) bond motifs is 1. The Morgan fingerprint density at radius 1 is 1.24 bits per heavy atom. The van der Waals surface area contributed by atoms with Gasteiger partial charge >= 0.3 is 0 Å². The van der Waals surface area contributed by atoms with Crippen molar-refractivity contribution < 1.29 is 14.8 Å². The minimum atomic E-state index is -0.0459. The molecule has 3 heteroatoms. The fourth-order valence-corrected chi connectivity index (χ4v) is 2.08. The summed E-state index contributed by atoms with van der Waals surface area (Å²) in [6.45, 7) is 7.11. The first-order valence-electron chi connectivity index (χ1n) is 5.92. The molecule has 2 rings (SSSR count). The van der Waals surface area contributed by atoms with Gasteiger partial charge in [-0.3, -0.25) is 0 Å². The Labute approximate surface area is 101 Å². The molecule has 17 heavy (non-hydrogen) atoms. The van der Waals surface area contributed by atoms with Crippen molar-refractivity contribution in [2.24, 2.45) is 0 Å². The number of nitrogens with zero attached hydrogens (tertiary/aromatic N) is 1. The molecule has 0 atom stereocenters. The Morgan fingerprint density at radius 2 is 1.94 bits per heavy atom. The summed E-state index contributed by atoms with van der Waals surface area (Å²) < 4.78 is 2.06. The Morgan fingerprint density at radius 3 is 2.53 bits per heavy atom. The summed E-state index contributed by atoms with van der Waals surface area (Å²) in [5, 5.41) is 21.3. The second kappa shape index (κ2) is 4.24. The van der Waals surface area contributed by atoms with Crippen LogP contribution >= 0.6 is 0 Å². The van der Waals surface area contributed by atoms with Crippen LogP contribution in [0.4, 0.5) is 0 Å². The Hall–Kier alpha value is -1.77. The van der Waals surface area contributed by atoms with E-state index >= 15 is 0 Å². The smallest absolute Gasteiger partial charge is 0.177 e. The van der Waals surface area contributed by atoms with Crippen molar-refractivity contribution in [3.05, 3.63) is 30.1 Å². The number of rotatable bonds is 2. The normalized spacial score (nSPS) is 11.3. The molecule has 0 spiro atoms. The number of benzene rings is 1. The molecule has 0 unspecified atom stereocenters. The molecule has 2 aromatic rings. The van der Waals surface area contributed by atoms with Gasteiger partial charge in [0.05, 0.1) is 5.39 Å². The molecule has 0 aliphatic rings. The minimum Gasteiger partial charge on any atom is -0.504 e. The van der Waals surface area contributed by atoms with Crippen molar-refractivity contribution in [1.82, 2.24) is 0 Å². The first kappa shape index (κ1) is 11.7.